The van der Waals surface area contributed by atoms with Crippen molar-refractivity contribution in [1.82, 2.24) is 10.1 Å². The SMILES string of the molecule is CCOC(=O)CCCCOc1ccc(-c2noc(-c3ccc(OC(C)C)c(N)c3)n2)c(OC)c1. The first-order valence-electron chi connectivity index (χ1n) is 11.3. The fraction of sp³-hybridized carbons (Fsp3) is 0.400. The number of carbonyl (C=O) groups is 1. The molecule has 0 radical (unpaired) electrons. The second kappa shape index (κ2) is 11.9. The van der Waals surface area contributed by atoms with Gasteiger partial charge in [-0.05, 0) is 63.9 Å². The van der Waals surface area contributed by atoms with E-state index in [1.54, 1.807) is 32.2 Å². The van der Waals surface area contributed by atoms with E-state index in [4.69, 9.17) is 29.2 Å². The minimum Gasteiger partial charge on any atom is -0.496 e. The van der Waals surface area contributed by atoms with E-state index in [0.717, 1.165) is 6.42 Å². The van der Waals surface area contributed by atoms with Gasteiger partial charge in [0.25, 0.3) is 5.89 Å². The summed E-state index contributed by atoms with van der Waals surface area (Å²) in [5.74, 6) is 2.34. The van der Waals surface area contributed by atoms with Crippen molar-refractivity contribution in [2.45, 2.75) is 46.1 Å². The molecule has 0 saturated carbocycles. The Kier molecular flexibility index (Phi) is 8.73. The highest BCUT2D eigenvalue weighted by atomic mass is 16.5. The second-order valence-corrected chi connectivity index (χ2v) is 7.82. The molecule has 0 unspecified atom stereocenters. The van der Waals surface area contributed by atoms with Crippen molar-refractivity contribution in [3.8, 4) is 40.1 Å². The molecule has 182 valence electrons. The molecule has 3 rings (SSSR count). The molecule has 0 aliphatic carbocycles. The Morgan fingerprint density at radius 1 is 1.12 bits per heavy atom. The van der Waals surface area contributed by atoms with Gasteiger partial charge in [-0.15, -0.1) is 0 Å². The van der Waals surface area contributed by atoms with Crippen LogP contribution in [0.2, 0.25) is 0 Å². The van der Waals surface area contributed by atoms with E-state index >= 15 is 0 Å². The number of ether oxygens (including phenoxy) is 4. The average Bonchev–Trinajstić information content (AvgIpc) is 3.30. The molecule has 0 amide bonds. The molecule has 1 aromatic heterocycles. The normalized spacial score (nSPS) is 10.9. The predicted molar refractivity (Wildman–Crippen MR) is 128 cm³/mol. The molecule has 2 aromatic carbocycles. The van der Waals surface area contributed by atoms with Crippen LogP contribution in [-0.2, 0) is 9.53 Å². The number of nitrogens with two attached hydrogens (primary N) is 1. The third kappa shape index (κ3) is 6.63. The van der Waals surface area contributed by atoms with Crippen LogP contribution in [0.15, 0.2) is 40.9 Å². The van der Waals surface area contributed by atoms with Crippen molar-refractivity contribution < 1.29 is 28.3 Å². The summed E-state index contributed by atoms with van der Waals surface area (Å²) in [6, 6.07) is 10.7. The van der Waals surface area contributed by atoms with Gasteiger partial charge in [0.1, 0.15) is 17.2 Å². The molecular weight excluding hydrogens is 438 g/mol. The molecule has 0 fully saturated rings. The maximum absolute atomic E-state index is 11.4. The zero-order chi connectivity index (χ0) is 24.5. The van der Waals surface area contributed by atoms with E-state index in [-0.39, 0.29) is 12.1 Å². The van der Waals surface area contributed by atoms with Gasteiger partial charge in [-0.25, -0.2) is 0 Å². The Bertz CT molecular complexity index is 1100. The Labute approximate surface area is 199 Å². The minimum atomic E-state index is -0.185. The van der Waals surface area contributed by atoms with Crippen LogP contribution in [0.1, 0.15) is 40.0 Å². The van der Waals surface area contributed by atoms with Gasteiger partial charge < -0.3 is 29.2 Å². The van der Waals surface area contributed by atoms with Gasteiger partial charge in [-0.3, -0.25) is 4.79 Å². The lowest BCUT2D eigenvalue weighted by Crippen LogP contribution is -2.07. The molecule has 3 aromatic rings. The number of aromatic nitrogens is 2. The fourth-order valence-electron chi connectivity index (χ4n) is 3.23. The standard InChI is InChI=1S/C25H31N3O6/c1-5-31-23(29)8-6-7-13-32-18-10-11-19(22(15-18)30-4)24-27-25(34-28-24)17-9-12-21(20(26)14-17)33-16(2)3/h9-12,14-16H,5-8,13,26H2,1-4H3. The van der Waals surface area contributed by atoms with Crippen LogP contribution in [0, 0.1) is 0 Å². The van der Waals surface area contributed by atoms with E-state index in [9.17, 15) is 4.79 Å². The lowest BCUT2D eigenvalue weighted by atomic mass is 10.1. The molecule has 0 bridgehead atoms. The van der Waals surface area contributed by atoms with Crippen LogP contribution < -0.4 is 19.9 Å². The highest BCUT2D eigenvalue weighted by Crippen LogP contribution is 2.34. The zero-order valence-corrected chi connectivity index (χ0v) is 20.0. The van der Waals surface area contributed by atoms with Crippen molar-refractivity contribution >= 4 is 11.7 Å². The first-order valence-corrected chi connectivity index (χ1v) is 11.3. The van der Waals surface area contributed by atoms with Gasteiger partial charge in [0.15, 0.2) is 0 Å². The summed E-state index contributed by atoms with van der Waals surface area (Å²) in [6.45, 7) is 6.55. The number of rotatable bonds is 12. The molecule has 2 N–H and O–H groups in total. The van der Waals surface area contributed by atoms with Crippen LogP contribution in [0.25, 0.3) is 22.8 Å². The lowest BCUT2D eigenvalue weighted by Gasteiger charge is -2.12. The monoisotopic (exact) mass is 469 g/mol. The quantitative estimate of drug-likeness (QED) is 0.224. The van der Waals surface area contributed by atoms with Gasteiger partial charge in [-0.2, -0.15) is 4.98 Å². The van der Waals surface area contributed by atoms with Crippen LogP contribution >= 0.6 is 0 Å². The second-order valence-electron chi connectivity index (χ2n) is 7.82. The number of benzene rings is 2. The van der Waals surface area contributed by atoms with Crippen molar-refractivity contribution in [2.75, 3.05) is 26.1 Å². The number of unbranched alkanes of at least 4 members (excludes halogenated alkanes) is 1. The van der Waals surface area contributed by atoms with Crippen LogP contribution in [0.5, 0.6) is 17.2 Å². The Morgan fingerprint density at radius 3 is 2.65 bits per heavy atom. The molecule has 0 atom stereocenters. The molecule has 1 heterocycles. The maximum Gasteiger partial charge on any atom is 0.305 e. The molecule has 0 saturated heterocycles. The summed E-state index contributed by atoms with van der Waals surface area (Å²) in [7, 11) is 1.57. The van der Waals surface area contributed by atoms with E-state index < -0.39 is 0 Å². The number of nitrogen functional groups attached to an aromatic ring is 1. The van der Waals surface area contributed by atoms with E-state index in [1.807, 2.05) is 32.0 Å². The Balaban J connectivity index is 1.65. The van der Waals surface area contributed by atoms with Crippen LogP contribution in [0.4, 0.5) is 5.69 Å². The molecule has 0 spiro atoms. The number of methoxy groups -OCH3 is 1. The molecule has 9 nitrogen and oxygen atoms in total. The maximum atomic E-state index is 11.4. The number of nitrogens with zero attached hydrogens (tertiary/aromatic N) is 2. The average molecular weight is 470 g/mol. The third-order valence-corrected chi connectivity index (χ3v) is 4.81. The molecule has 0 aliphatic rings. The first-order chi connectivity index (χ1) is 16.4. The smallest absolute Gasteiger partial charge is 0.305 e. The van der Waals surface area contributed by atoms with Crippen LogP contribution in [0.3, 0.4) is 0 Å². The number of carbonyl (C=O) groups excluding carboxylic acids is 1. The molecular formula is C25H31N3O6. The molecule has 34 heavy (non-hydrogen) atoms. The molecule has 9 heteroatoms. The van der Waals surface area contributed by atoms with Gasteiger partial charge in [0.2, 0.25) is 5.82 Å². The van der Waals surface area contributed by atoms with E-state index in [2.05, 4.69) is 10.1 Å². The zero-order valence-electron chi connectivity index (χ0n) is 20.0. The fourth-order valence-corrected chi connectivity index (χ4v) is 3.23. The van der Waals surface area contributed by atoms with Crippen molar-refractivity contribution in [3.05, 3.63) is 36.4 Å². The van der Waals surface area contributed by atoms with Gasteiger partial charge in [0.05, 0.1) is 37.7 Å². The Hall–Kier alpha value is -3.75. The predicted octanol–water partition coefficient (Wildman–Crippen LogP) is 4.89. The summed E-state index contributed by atoms with van der Waals surface area (Å²) < 4.78 is 27.3. The summed E-state index contributed by atoms with van der Waals surface area (Å²) in [5, 5.41) is 4.10. The number of hydrogen-bond donors (Lipinski definition) is 1. The lowest BCUT2D eigenvalue weighted by molar-refractivity contribution is -0.143. The first kappa shape index (κ1) is 24.9. The van der Waals surface area contributed by atoms with Gasteiger partial charge >= 0.3 is 5.97 Å². The summed E-state index contributed by atoms with van der Waals surface area (Å²) in [6.07, 6.45) is 1.85. The van der Waals surface area contributed by atoms with Gasteiger partial charge in [0, 0.05) is 18.1 Å². The summed E-state index contributed by atoms with van der Waals surface area (Å²) >= 11 is 0. The largest absolute Gasteiger partial charge is 0.496 e. The Morgan fingerprint density at radius 2 is 1.94 bits per heavy atom. The van der Waals surface area contributed by atoms with Gasteiger partial charge in [-0.1, -0.05) is 5.16 Å². The van der Waals surface area contributed by atoms with Crippen molar-refractivity contribution in [3.63, 3.8) is 0 Å². The van der Waals surface area contributed by atoms with Crippen molar-refractivity contribution in [2.24, 2.45) is 0 Å². The minimum absolute atomic E-state index is 0.0205. The topological polar surface area (TPSA) is 119 Å². The summed E-state index contributed by atoms with van der Waals surface area (Å²) in [5.41, 5.74) is 7.95. The molecule has 0 aliphatic heterocycles. The highest BCUT2D eigenvalue weighted by Gasteiger charge is 2.16. The van der Waals surface area contributed by atoms with E-state index in [1.165, 1.54) is 0 Å². The number of anilines is 1. The number of esters is 1. The number of hydrogen-bond acceptors (Lipinski definition) is 9. The highest BCUT2D eigenvalue weighted by molar-refractivity contribution is 5.70. The van der Waals surface area contributed by atoms with Crippen molar-refractivity contribution in [1.29, 1.82) is 0 Å². The van der Waals surface area contributed by atoms with Crippen LogP contribution in [-0.4, -0.2) is 42.5 Å². The third-order valence-electron chi connectivity index (χ3n) is 4.81. The summed E-state index contributed by atoms with van der Waals surface area (Å²) in [4.78, 5) is 15.9. The van der Waals surface area contributed by atoms with E-state index in [0.29, 0.717) is 71.8 Å².